The van der Waals surface area contributed by atoms with Crippen LogP contribution in [0, 0.1) is 0 Å². The van der Waals surface area contributed by atoms with Gasteiger partial charge in [-0.15, -0.1) is 0 Å². The van der Waals surface area contributed by atoms with Gasteiger partial charge in [0.05, 0.1) is 12.2 Å². The van der Waals surface area contributed by atoms with E-state index >= 15 is 0 Å². The SMILES string of the molecule is CCOc1ccc(CN2CCN(Cc3cccc(C(=O)O)c3)CC2)cc1. The third kappa shape index (κ3) is 5.07. The first-order valence-electron chi connectivity index (χ1n) is 9.12. The number of piperazine rings is 1. The largest absolute Gasteiger partial charge is 0.494 e. The number of rotatable bonds is 7. The van der Waals surface area contributed by atoms with Gasteiger partial charge in [-0.05, 0) is 42.3 Å². The molecule has 0 spiro atoms. The van der Waals surface area contributed by atoms with E-state index in [9.17, 15) is 4.79 Å². The Hall–Kier alpha value is -2.37. The van der Waals surface area contributed by atoms with Crippen LogP contribution in [-0.4, -0.2) is 53.7 Å². The number of hydrogen-bond donors (Lipinski definition) is 1. The molecule has 0 atom stereocenters. The fourth-order valence-corrected chi connectivity index (χ4v) is 3.28. The summed E-state index contributed by atoms with van der Waals surface area (Å²) in [4.78, 5) is 15.9. The monoisotopic (exact) mass is 354 g/mol. The molecule has 3 rings (SSSR count). The number of hydrogen-bond acceptors (Lipinski definition) is 4. The highest BCUT2D eigenvalue weighted by molar-refractivity contribution is 5.87. The van der Waals surface area contributed by atoms with Crippen molar-refractivity contribution in [3.05, 3.63) is 65.2 Å². The molecule has 0 aromatic heterocycles. The molecule has 1 N–H and O–H groups in total. The second kappa shape index (κ2) is 8.83. The van der Waals surface area contributed by atoms with E-state index < -0.39 is 5.97 Å². The lowest BCUT2D eigenvalue weighted by molar-refractivity contribution is 0.0696. The van der Waals surface area contributed by atoms with Gasteiger partial charge in [-0.3, -0.25) is 9.80 Å². The maximum atomic E-state index is 11.1. The molecule has 0 saturated carbocycles. The molecule has 2 aromatic rings. The summed E-state index contributed by atoms with van der Waals surface area (Å²) in [5.41, 5.74) is 2.72. The van der Waals surface area contributed by atoms with Crippen molar-refractivity contribution >= 4 is 5.97 Å². The van der Waals surface area contributed by atoms with Gasteiger partial charge in [-0.1, -0.05) is 24.3 Å². The smallest absolute Gasteiger partial charge is 0.335 e. The van der Waals surface area contributed by atoms with Gasteiger partial charge in [0.15, 0.2) is 0 Å². The van der Waals surface area contributed by atoms with Gasteiger partial charge in [0, 0.05) is 39.3 Å². The number of nitrogens with zero attached hydrogens (tertiary/aromatic N) is 2. The molecule has 1 fully saturated rings. The second-order valence-corrected chi connectivity index (χ2v) is 6.63. The van der Waals surface area contributed by atoms with Crippen LogP contribution in [0.5, 0.6) is 5.75 Å². The van der Waals surface area contributed by atoms with Gasteiger partial charge < -0.3 is 9.84 Å². The summed E-state index contributed by atoms with van der Waals surface area (Å²) in [6.07, 6.45) is 0. The van der Waals surface area contributed by atoms with Crippen molar-refractivity contribution in [1.82, 2.24) is 9.80 Å². The van der Waals surface area contributed by atoms with Crippen molar-refractivity contribution in [3.63, 3.8) is 0 Å². The summed E-state index contributed by atoms with van der Waals surface area (Å²) in [6.45, 7) is 8.47. The molecule has 138 valence electrons. The number of carbonyl (C=O) groups is 1. The molecule has 5 heteroatoms. The van der Waals surface area contributed by atoms with Gasteiger partial charge in [0.1, 0.15) is 5.75 Å². The molecule has 5 nitrogen and oxygen atoms in total. The van der Waals surface area contributed by atoms with Crippen LogP contribution >= 0.6 is 0 Å². The highest BCUT2D eigenvalue weighted by atomic mass is 16.5. The van der Waals surface area contributed by atoms with Crippen molar-refractivity contribution in [2.75, 3.05) is 32.8 Å². The Balaban J connectivity index is 1.48. The fourth-order valence-electron chi connectivity index (χ4n) is 3.28. The first-order valence-corrected chi connectivity index (χ1v) is 9.12. The normalized spacial score (nSPS) is 15.7. The third-order valence-electron chi connectivity index (χ3n) is 4.69. The van der Waals surface area contributed by atoms with Crippen LogP contribution in [0.4, 0.5) is 0 Å². The third-order valence-corrected chi connectivity index (χ3v) is 4.69. The lowest BCUT2D eigenvalue weighted by Gasteiger charge is -2.34. The number of carboxylic acids is 1. The molecule has 1 saturated heterocycles. The molecule has 1 aliphatic rings. The molecule has 0 aliphatic carbocycles. The molecule has 0 unspecified atom stereocenters. The van der Waals surface area contributed by atoms with E-state index in [-0.39, 0.29) is 0 Å². The molecular weight excluding hydrogens is 328 g/mol. The topological polar surface area (TPSA) is 53.0 Å². The Morgan fingerprint density at radius 2 is 1.58 bits per heavy atom. The van der Waals surface area contributed by atoms with E-state index in [0.29, 0.717) is 12.2 Å². The molecule has 0 radical (unpaired) electrons. The lowest BCUT2D eigenvalue weighted by atomic mass is 10.1. The van der Waals surface area contributed by atoms with Crippen molar-refractivity contribution in [2.24, 2.45) is 0 Å². The average molecular weight is 354 g/mol. The van der Waals surface area contributed by atoms with E-state index in [0.717, 1.165) is 50.6 Å². The van der Waals surface area contributed by atoms with E-state index in [1.54, 1.807) is 12.1 Å². The Kier molecular flexibility index (Phi) is 6.26. The molecular formula is C21H26N2O3. The predicted molar refractivity (Wildman–Crippen MR) is 102 cm³/mol. The lowest BCUT2D eigenvalue weighted by Crippen LogP contribution is -2.45. The highest BCUT2D eigenvalue weighted by Gasteiger charge is 2.17. The standard InChI is InChI=1S/C21H26N2O3/c1-2-26-20-8-6-17(7-9-20)15-22-10-12-23(13-11-22)16-18-4-3-5-19(14-18)21(24)25/h3-9,14H,2,10-13,15-16H2,1H3,(H,24,25). The minimum Gasteiger partial charge on any atom is -0.494 e. The Labute approximate surface area is 154 Å². The minimum atomic E-state index is -0.868. The van der Waals surface area contributed by atoms with Crippen molar-refractivity contribution in [1.29, 1.82) is 0 Å². The molecule has 2 aromatic carbocycles. The van der Waals surface area contributed by atoms with Crippen LogP contribution in [0.15, 0.2) is 48.5 Å². The van der Waals surface area contributed by atoms with E-state index in [2.05, 4.69) is 21.9 Å². The zero-order valence-corrected chi connectivity index (χ0v) is 15.2. The molecule has 1 heterocycles. The van der Waals surface area contributed by atoms with Gasteiger partial charge in [-0.25, -0.2) is 4.79 Å². The number of ether oxygens (including phenoxy) is 1. The van der Waals surface area contributed by atoms with Crippen molar-refractivity contribution in [3.8, 4) is 5.75 Å². The van der Waals surface area contributed by atoms with Crippen LogP contribution in [0.1, 0.15) is 28.4 Å². The summed E-state index contributed by atoms with van der Waals surface area (Å²) in [5, 5.41) is 9.11. The van der Waals surface area contributed by atoms with Gasteiger partial charge in [-0.2, -0.15) is 0 Å². The average Bonchev–Trinajstić information content (AvgIpc) is 2.65. The minimum absolute atomic E-state index is 0.358. The molecule has 0 bridgehead atoms. The Bertz CT molecular complexity index is 722. The Morgan fingerprint density at radius 1 is 0.962 bits per heavy atom. The second-order valence-electron chi connectivity index (χ2n) is 6.63. The van der Waals surface area contributed by atoms with Gasteiger partial charge in [0.25, 0.3) is 0 Å². The van der Waals surface area contributed by atoms with Crippen LogP contribution in [0.3, 0.4) is 0 Å². The zero-order valence-electron chi connectivity index (χ0n) is 15.2. The summed E-state index contributed by atoms with van der Waals surface area (Å²) < 4.78 is 5.49. The summed E-state index contributed by atoms with van der Waals surface area (Å²) in [5.74, 6) is 0.0525. The zero-order chi connectivity index (χ0) is 18.4. The van der Waals surface area contributed by atoms with Crippen LogP contribution < -0.4 is 4.74 Å². The molecule has 26 heavy (non-hydrogen) atoms. The van der Waals surface area contributed by atoms with Gasteiger partial charge in [0.2, 0.25) is 0 Å². The molecule has 0 amide bonds. The van der Waals surface area contributed by atoms with E-state index in [1.165, 1.54) is 5.56 Å². The first kappa shape index (κ1) is 18.4. The van der Waals surface area contributed by atoms with Crippen molar-refractivity contribution < 1.29 is 14.6 Å². The van der Waals surface area contributed by atoms with Gasteiger partial charge >= 0.3 is 5.97 Å². The highest BCUT2D eigenvalue weighted by Crippen LogP contribution is 2.16. The first-order chi connectivity index (χ1) is 12.6. The number of aromatic carboxylic acids is 1. The summed E-state index contributed by atoms with van der Waals surface area (Å²) >= 11 is 0. The van der Waals surface area contributed by atoms with Crippen LogP contribution in [0.25, 0.3) is 0 Å². The maximum absolute atomic E-state index is 11.1. The Morgan fingerprint density at radius 3 is 2.15 bits per heavy atom. The predicted octanol–water partition coefficient (Wildman–Crippen LogP) is 3.10. The quantitative estimate of drug-likeness (QED) is 0.828. The van der Waals surface area contributed by atoms with E-state index in [4.69, 9.17) is 9.84 Å². The van der Waals surface area contributed by atoms with Crippen LogP contribution in [-0.2, 0) is 13.1 Å². The van der Waals surface area contributed by atoms with Crippen molar-refractivity contribution in [2.45, 2.75) is 20.0 Å². The fraction of sp³-hybridized carbons (Fsp3) is 0.381. The number of benzene rings is 2. The van der Waals surface area contributed by atoms with Crippen LogP contribution in [0.2, 0.25) is 0 Å². The summed E-state index contributed by atoms with van der Waals surface area (Å²) in [7, 11) is 0. The van der Waals surface area contributed by atoms with E-state index in [1.807, 2.05) is 31.2 Å². The molecule has 1 aliphatic heterocycles. The number of carboxylic acid groups (broad SMARTS) is 1. The summed E-state index contributed by atoms with van der Waals surface area (Å²) in [6, 6.07) is 15.6. The maximum Gasteiger partial charge on any atom is 0.335 e.